The zero-order chi connectivity index (χ0) is 13.9. The van der Waals surface area contributed by atoms with Crippen molar-refractivity contribution in [2.75, 3.05) is 0 Å². The topological polar surface area (TPSA) is 36.9 Å². The van der Waals surface area contributed by atoms with Crippen LogP contribution in [0, 0.1) is 11.3 Å². The molecule has 3 rings (SSSR count). The minimum absolute atomic E-state index is 0.389. The number of rotatable bonds is 3. The normalized spacial score (nSPS) is 10.6. The van der Waals surface area contributed by atoms with E-state index < -0.39 is 0 Å². The van der Waals surface area contributed by atoms with E-state index >= 15 is 0 Å². The largest absolute Gasteiger partial charge is 0.445 e. The average molecular weight is 261 g/mol. The quantitative estimate of drug-likeness (QED) is 0.670. The van der Waals surface area contributed by atoms with Crippen LogP contribution in [0.2, 0.25) is 0 Å². The van der Waals surface area contributed by atoms with Crippen LogP contribution in [0.25, 0.3) is 22.1 Å². The van der Waals surface area contributed by atoms with Crippen molar-refractivity contribution in [3.8, 4) is 17.2 Å². The summed E-state index contributed by atoms with van der Waals surface area (Å²) in [5.41, 5.74) is 3.99. The Balaban J connectivity index is 2.28. The summed E-state index contributed by atoms with van der Waals surface area (Å²) < 4.78 is 5.67. The highest BCUT2D eigenvalue weighted by atomic mass is 16.3. The van der Waals surface area contributed by atoms with Crippen molar-refractivity contribution < 1.29 is 4.42 Å². The van der Waals surface area contributed by atoms with Gasteiger partial charge in [0.05, 0.1) is 0 Å². The third-order valence-corrected chi connectivity index (χ3v) is 3.46. The molecular formula is C18H15NO. The summed E-state index contributed by atoms with van der Waals surface area (Å²) in [5, 5.41) is 10.3. The molecule has 0 amide bonds. The fourth-order valence-corrected chi connectivity index (χ4v) is 2.56. The average Bonchev–Trinajstić information content (AvgIpc) is 2.86. The second-order valence-corrected chi connectivity index (χ2v) is 4.86. The molecule has 0 atom stereocenters. The van der Waals surface area contributed by atoms with E-state index in [1.165, 1.54) is 5.56 Å². The third kappa shape index (κ3) is 2.08. The number of hydrogen-bond acceptors (Lipinski definition) is 2. The molecule has 2 heteroatoms. The van der Waals surface area contributed by atoms with Gasteiger partial charge in [-0.25, -0.2) is 0 Å². The fraction of sp³-hybridized carbons (Fsp3) is 0.167. The van der Waals surface area contributed by atoms with Crippen LogP contribution in [0.15, 0.2) is 52.9 Å². The summed E-state index contributed by atoms with van der Waals surface area (Å²) in [6.07, 6.45) is 2.15. The molecule has 0 saturated heterocycles. The molecule has 1 heterocycles. The first-order valence-electron chi connectivity index (χ1n) is 6.84. The minimum Gasteiger partial charge on any atom is -0.445 e. The van der Waals surface area contributed by atoms with Gasteiger partial charge in [0.15, 0.2) is 0 Å². The molecule has 0 N–H and O–H groups in total. The second-order valence-electron chi connectivity index (χ2n) is 4.86. The number of aryl methyl sites for hydroxylation is 1. The van der Waals surface area contributed by atoms with Crippen LogP contribution in [-0.2, 0) is 6.42 Å². The summed E-state index contributed by atoms with van der Waals surface area (Å²) in [4.78, 5) is 0. The summed E-state index contributed by atoms with van der Waals surface area (Å²) in [5.74, 6) is 0.389. The summed E-state index contributed by atoms with van der Waals surface area (Å²) in [6.45, 7) is 2.17. The Kier molecular flexibility index (Phi) is 3.26. The van der Waals surface area contributed by atoms with Crippen LogP contribution in [-0.4, -0.2) is 0 Å². The van der Waals surface area contributed by atoms with Gasteiger partial charge in [0.1, 0.15) is 11.7 Å². The van der Waals surface area contributed by atoms with E-state index in [9.17, 15) is 5.26 Å². The van der Waals surface area contributed by atoms with Crippen LogP contribution in [0.1, 0.15) is 24.7 Å². The van der Waals surface area contributed by atoms with Crippen LogP contribution in [0.3, 0.4) is 0 Å². The van der Waals surface area contributed by atoms with Gasteiger partial charge in [-0.3, -0.25) is 0 Å². The molecule has 98 valence electrons. The smallest absolute Gasteiger partial charge is 0.212 e. The van der Waals surface area contributed by atoms with E-state index in [0.717, 1.165) is 34.9 Å². The molecule has 2 aromatic carbocycles. The first-order chi connectivity index (χ1) is 9.83. The molecule has 1 aromatic heterocycles. The SMILES string of the molecule is CCCc1ccc2oc(C#N)c(-c3ccccc3)c2c1. The highest BCUT2D eigenvalue weighted by Gasteiger charge is 2.15. The molecule has 20 heavy (non-hydrogen) atoms. The van der Waals surface area contributed by atoms with Gasteiger partial charge in [0.25, 0.3) is 0 Å². The number of nitriles is 1. The van der Waals surface area contributed by atoms with Crippen LogP contribution < -0.4 is 0 Å². The zero-order valence-electron chi connectivity index (χ0n) is 11.4. The molecule has 0 aliphatic carbocycles. The van der Waals surface area contributed by atoms with Crippen molar-refractivity contribution in [3.63, 3.8) is 0 Å². The van der Waals surface area contributed by atoms with E-state index in [-0.39, 0.29) is 0 Å². The summed E-state index contributed by atoms with van der Waals surface area (Å²) in [7, 11) is 0. The van der Waals surface area contributed by atoms with Crippen molar-refractivity contribution in [3.05, 3.63) is 59.9 Å². The second kappa shape index (κ2) is 5.22. The number of fused-ring (bicyclic) bond motifs is 1. The molecule has 0 bridgehead atoms. The van der Waals surface area contributed by atoms with Gasteiger partial charge in [-0.2, -0.15) is 5.26 Å². The lowest BCUT2D eigenvalue weighted by Gasteiger charge is -2.01. The van der Waals surface area contributed by atoms with E-state index in [1.54, 1.807) is 0 Å². The van der Waals surface area contributed by atoms with Gasteiger partial charge >= 0.3 is 0 Å². The Morgan fingerprint density at radius 3 is 2.60 bits per heavy atom. The van der Waals surface area contributed by atoms with Crippen molar-refractivity contribution >= 4 is 11.0 Å². The molecule has 2 nitrogen and oxygen atoms in total. The molecule has 0 radical (unpaired) electrons. The van der Waals surface area contributed by atoms with Gasteiger partial charge in [-0.15, -0.1) is 0 Å². The lowest BCUT2D eigenvalue weighted by atomic mass is 10.00. The number of benzene rings is 2. The lowest BCUT2D eigenvalue weighted by molar-refractivity contribution is 0.600. The predicted octanol–water partition coefficient (Wildman–Crippen LogP) is 4.92. The zero-order valence-corrected chi connectivity index (χ0v) is 11.4. The predicted molar refractivity (Wildman–Crippen MR) is 80.4 cm³/mol. The Labute approximate surface area is 118 Å². The third-order valence-electron chi connectivity index (χ3n) is 3.46. The Hall–Kier alpha value is -2.53. The molecule has 3 aromatic rings. The fourth-order valence-electron chi connectivity index (χ4n) is 2.56. The van der Waals surface area contributed by atoms with Gasteiger partial charge < -0.3 is 4.42 Å². The lowest BCUT2D eigenvalue weighted by Crippen LogP contribution is -1.83. The summed E-state index contributed by atoms with van der Waals surface area (Å²) >= 11 is 0. The molecule has 0 aliphatic heterocycles. The van der Waals surface area contributed by atoms with Crippen LogP contribution >= 0.6 is 0 Å². The van der Waals surface area contributed by atoms with Gasteiger partial charge in [-0.05, 0) is 29.7 Å². The first kappa shape index (κ1) is 12.5. The van der Waals surface area contributed by atoms with Crippen molar-refractivity contribution in [1.82, 2.24) is 0 Å². The van der Waals surface area contributed by atoms with Crippen molar-refractivity contribution in [1.29, 1.82) is 5.26 Å². The maximum atomic E-state index is 9.31. The van der Waals surface area contributed by atoms with Crippen molar-refractivity contribution in [2.45, 2.75) is 19.8 Å². The van der Waals surface area contributed by atoms with E-state index in [2.05, 4.69) is 25.1 Å². The molecule has 0 spiro atoms. The van der Waals surface area contributed by atoms with Crippen molar-refractivity contribution in [2.24, 2.45) is 0 Å². The molecule has 0 fully saturated rings. The van der Waals surface area contributed by atoms with Gasteiger partial charge in [0.2, 0.25) is 5.76 Å². The number of hydrogen-bond donors (Lipinski definition) is 0. The Morgan fingerprint density at radius 1 is 1.10 bits per heavy atom. The number of nitrogens with zero attached hydrogens (tertiary/aromatic N) is 1. The minimum atomic E-state index is 0.389. The van der Waals surface area contributed by atoms with E-state index in [0.29, 0.717) is 5.76 Å². The van der Waals surface area contributed by atoms with Gasteiger partial charge in [0, 0.05) is 10.9 Å². The molecular weight excluding hydrogens is 246 g/mol. The maximum Gasteiger partial charge on any atom is 0.212 e. The Morgan fingerprint density at radius 2 is 1.90 bits per heavy atom. The van der Waals surface area contributed by atoms with Crippen LogP contribution in [0.4, 0.5) is 0 Å². The maximum absolute atomic E-state index is 9.31. The van der Waals surface area contributed by atoms with Crippen LogP contribution in [0.5, 0.6) is 0 Å². The molecule has 0 unspecified atom stereocenters. The van der Waals surface area contributed by atoms with E-state index in [1.807, 2.05) is 36.4 Å². The highest BCUT2D eigenvalue weighted by Crippen LogP contribution is 2.35. The number of furan rings is 1. The monoisotopic (exact) mass is 261 g/mol. The highest BCUT2D eigenvalue weighted by molar-refractivity contribution is 5.97. The standard InChI is InChI=1S/C18H15NO/c1-2-6-13-9-10-16-15(11-13)18(17(12-19)20-16)14-7-4-3-5-8-14/h3-5,7-11H,2,6H2,1H3. The van der Waals surface area contributed by atoms with E-state index in [4.69, 9.17) is 4.42 Å². The summed E-state index contributed by atoms with van der Waals surface area (Å²) in [6, 6.07) is 18.3. The molecule has 0 saturated carbocycles. The first-order valence-corrected chi connectivity index (χ1v) is 6.84. The molecule has 0 aliphatic rings. The Bertz CT molecular complexity index is 778. The van der Waals surface area contributed by atoms with Gasteiger partial charge in [-0.1, -0.05) is 49.7 Å².